The van der Waals surface area contributed by atoms with Crippen LogP contribution in [0.25, 0.3) is 27.6 Å². The van der Waals surface area contributed by atoms with Crippen LogP contribution in [-0.4, -0.2) is 28.3 Å². The molecule has 0 amide bonds. The number of fused-ring (bicyclic) bond motifs is 4. The number of rotatable bonds is 6. The zero-order valence-electron chi connectivity index (χ0n) is 29.4. The van der Waals surface area contributed by atoms with Crippen molar-refractivity contribution in [2.24, 2.45) is 23.7 Å². The summed E-state index contributed by atoms with van der Waals surface area (Å²) in [5, 5.41) is 2.41. The van der Waals surface area contributed by atoms with Crippen molar-refractivity contribution in [3.05, 3.63) is 145 Å². The highest BCUT2D eigenvalue weighted by molar-refractivity contribution is 6.09. The van der Waals surface area contributed by atoms with Crippen LogP contribution in [0, 0.1) is 23.7 Å². The fourth-order valence-electron chi connectivity index (χ4n) is 11.2. The molecule has 6 nitrogen and oxygen atoms in total. The largest absolute Gasteiger partial charge is 0.457 e. The SMILES string of the molecule is CN1CN(c2cccc(Oc3ccc4c5ccccc5n(-c5cc(C6(c7ccncc7)C7CC8CC(C7)CC6C8)ccn5)c4c3)c2)c2ccccc21. The van der Waals surface area contributed by atoms with Gasteiger partial charge in [0, 0.05) is 59.6 Å². The number of nitrogens with zero attached hydrogens (tertiary/aromatic N) is 5. The number of hydrogen-bond donors (Lipinski definition) is 0. The number of pyridine rings is 2. The van der Waals surface area contributed by atoms with Crippen molar-refractivity contribution < 1.29 is 4.74 Å². The highest BCUT2D eigenvalue weighted by Gasteiger charge is 2.58. The van der Waals surface area contributed by atoms with Crippen molar-refractivity contribution in [1.82, 2.24) is 14.5 Å². The minimum absolute atomic E-state index is 0.0171. The molecule has 4 heterocycles. The van der Waals surface area contributed by atoms with E-state index in [2.05, 4.69) is 142 Å². The monoisotopic (exact) mass is 679 g/mol. The Kier molecular flexibility index (Phi) is 6.61. The van der Waals surface area contributed by atoms with Gasteiger partial charge >= 0.3 is 0 Å². The lowest BCUT2D eigenvalue weighted by molar-refractivity contribution is -0.0418. The molecule has 3 aromatic heterocycles. The summed E-state index contributed by atoms with van der Waals surface area (Å²) in [6, 6.07) is 41.5. The van der Waals surface area contributed by atoms with Crippen molar-refractivity contribution in [3.63, 3.8) is 0 Å². The van der Waals surface area contributed by atoms with Gasteiger partial charge in [0.05, 0.1) is 29.1 Å². The number of para-hydroxylation sites is 3. The first kappa shape index (κ1) is 30.0. The van der Waals surface area contributed by atoms with E-state index in [-0.39, 0.29) is 5.41 Å². The predicted octanol–water partition coefficient (Wildman–Crippen LogP) is 10.7. The van der Waals surface area contributed by atoms with Gasteiger partial charge in [-0.1, -0.05) is 36.4 Å². The lowest BCUT2D eigenvalue weighted by Gasteiger charge is -2.62. The van der Waals surface area contributed by atoms with E-state index in [0.29, 0.717) is 11.8 Å². The molecule has 4 saturated carbocycles. The first-order chi connectivity index (χ1) is 25.6. The number of hydrogen-bond acceptors (Lipinski definition) is 5. The first-order valence-electron chi connectivity index (χ1n) is 18.9. The molecular formula is C46H41N5O. The fourth-order valence-corrected chi connectivity index (χ4v) is 11.2. The molecule has 256 valence electrons. The smallest absolute Gasteiger partial charge is 0.137 e. The molecule has 0 saturated heterocycles. The molecule has 6 heteroatoms. The standard InChI is InChI=1S/C46H41N5O/c1-49-29-50(43-12-5-4-11-42(43)49)36-7-6-8-37(27-36)52-38-13-14-40-39-9-2-3-10-41(39)51(44(40)28-38)45-26-33(17-20-48-45)46(32-15-18-47-19-16-32)34-22-30-21-31(24-34)25-35(46)23-30/h2-20,26-28,30-31,34-35H,21-25,29H2,1H3. The van der Waals surface area contributed by atoms with E-state index in [4.69, 9.17) is 9.72 Å². The maximum absolute atomic E-state index is 6.67. The van der Waals surface area contributed by atoms with Crippen LogP contribution in [0.1, 0.15) is 43.2 Å². The molecule has 4 fully saturated rings. The molecule has 0 N–H and O–H groups in total. The van der Waals surface area contributed by atoms with Gasteiger partial charge in [0.25, 0.3) is 0 Å². The van der Waals surface area contributed by atoms with Crippen molar-refractivity contribution in [2.45, 2.75) is 37.5 Å². The predicted molar refractivity (Wildman–Crippen MR) is 209 cm³/mol. The molecule has 4 aliphatic carbocycles. The van der Waals surface area contributed by atoms with E-state index in [0.717, 1.165) is 52.5 Å². The third-order valence-electron chi connectivity index (χ3n) is 13.0. The Labute approximate surface area is 304 Å². The van der Waals surface area contributed by atoms with Gasteiger partial charge in [0.2, 0.25) is 0 Å². The van der Waals surface area contributed by atoms with Crippen LogP contribution < -0.4 is 14.5 Å². The van der Waals surface area contributed by atoms with Crippen LogP contribution in [0.2, 0.25) is 0 Å². The van der Waals surface area contributed by atoms with E-state index in [1.807, 2.05) is 18.5 Å². The lowest BCUT2D eigenvalue weighted by Crippen LogP contribution is -2.56. The van der Waals surface area contributed by atoms with Gasteiger partial charge in [-0.2, -0.15) is 0 Å². The second kappa shape index (κ2) is 11.4. The zero-order chi connectivity index (χ0) is 34.4. The van der Waals surface area contributed by atoms with E-state index in [9.17, 15) is 0 Å². The van der Waals surface area contributed by atoms with Gasteiger partial charge in [0.15, 0.2) is 0 Å². The summed E-state index contributed by atoms with van der Waals surface area (Å²) in [6.07, 6.45) is 12.8. The Morgan fingerprint density at radius 1 is 0.615 bits per heavy atom. The van der Waals surface area contributed by atoms with E-state index < -0.39 is 0 Å². The Balaban J connectivity index is 1.01. The summed E-state index contributed by atoms with van der Waals surface area (Å²) in [4.78, 5) is 14.2. The molecule has 4 bridgehead atoms. The van der Waals surface area contributed by atoms with Gasteiger partial charge < -0.3 is 14.5 Å². The van der Waals surface area contributed by atoms with Crippen LogP contribution in [0.3, 0.4) is 0 Å². The highest BCUT2D eigenvalue weighted by atomic mass is 16.5. The Hall–Kier alpha value is -5.62. The summed E-state index contributed by atoms with van der Waals surface area (Å²) in [5.41, 5.74) is 8.62. The van der Waals surface area contributed by atoms with Crippen LogP contribution in [0.5, 0.6) is 11.5 Å². The van der Waals surface area contributed by atoms with E-state index in [1.165, 1.54) is 65.4 Å². The maximum Gasteiger partial charge on any atom is 0.137 e. The third-order valence-corrected chi connectivity index (χ3v) is 13.0. The second-order valence-corrected chi connectivity index (χ2v) is 15.7. The minimum Gasteiger partial charge on any atom is -0.457 e. The average molecular weight is 680 g/mol. The number of ether oxygens (including phenoxy) is 1. The summed E-state index contributed by atoms with van der Waals surface area (Å²) >= 11 is 0. The van der Waals surface area contributed by atoms with E-state index in [1.54, 1.807) is 0 Å². The molecule has 0 radical (unpaired) electrons. The molecule has 7 aromatic rings. The van der Waals surface area contributed by atoms with Gasteiger partial charge in [-0.05, 0) is 134 Å². The van der Waals surface area contributed by atoms with Crippen molar-refractivity contribution in [3.8, 4) is 17.3 Å². The first-order valence-corrected chi connectivity index (χ1v) is 18.9. The Morgan fingerprint density at radius 2 is 1.33 bits per heavy atom. The van der Waals surface area contributed by atoms with Crippen LogP contribution in [0.15, 0.2) is 134 Å². The average Bonchev–Trinajstić information content (AvgIpc) is 3.69. The van der Waals surface area contributed by atoms with Gasteiger partial charge in [-0.3, -0.25) is 9.55 Å². The van der Waals surface area contributed by atoms with Crippen LogP contribution in [0.4, 0.5) is 17.1 Å². The molecule has 52 heavy (non-hydrogen) atoms. The van der Waals surface area contributed by atoms with Crippen molar-refractivity contribution in [1.29, 1.82) is 0 Å². The number of benzene rings is 4. The van der Waals surface area contributed by atoms with Crippen LogP contribution >= 0.6 is 0 Å². The molecule has 4 aromatic carbocycles. The normalized spacial score (nSPS) is 24.6. The summed E-state index contributed by atoms with van der Waals surface area (Å²) < 4.78 is 9.02. The minimum atomic E-state index is -0.0171. The molecule has 0 unspecified atom stereocenters. The van der Waals surface area contributed by atoms with Gasteiger partial charge in [-0.25, -0.2) is 4.98 Å². The maximum atomic E-state index is 6.67. The quantitative estimate of drug-likeness (QED) is 0.175. The molecule has 0 spiro atoms. The van der Waals surface area contributed by atoms with Gasteiger partial charge in [-0.15, -0.1) is 0 Å². The lowest BCUT2D eigenvalue weighted by atomic mass is 9.42. The summed E-state index contributed by atoms with van der Waals surface area (Å²) in [5.74, 6) is 5.62. The summed E-state index contributed by atoms with van der Waals surface area (Å²) in [7, 11) is 2.14. The second-order valence-electron chi connectivity index (χ2n) is 15.7. The van der Waals surface area contributed by atoms with Crippen LogP contribution in [-0.2, 0) is 5.41 Å². The molecule has 1 aliphatic heterocycles. The number of anilines is 3. The molecular weight excluding hydrogens is 639 g/mol. The zero-order valence-corrected chi connectivity index (χ0v) is 29.4. The van der Waals surface area contributed by atoms with Gasteiger partial charge in [0.1, 0.15) is 17.3 Å². The van der Waals surface area contributed by atoms with E-state index >= 15 is 0 Å². The Morgan fingerprint density at radius 3 is 2.15 bits per heavy atom. The molecule has 5 aliphatic rings. The van der Waals surface area contributed by atoms with Crippen molar-refractivity contribution in [2.75, 3.05) is 23.5 Å². The highest BCUT2D eigenvalue weighted by Crippen LogP contribution is 2.65. The molecule has 0 atom stereocenters. The topological polar surface area (TPSA) is 46.4 Å². The summed E-state index contributed by atoms with van der Waals surface area (Å²) in [6.45, 7) is 0.798. The third kappa shape index (κ3) is 4.43. The molecule has 12 rings (SSSR count). The fraction of sp³-hybridized carbons (Fsp3) is 0.261. The Bertz CT molecular complexity index is 2460. The van der Waals surface area contributed by atoms with Crippen molar-refractivity contribution >= 4 is 38.9 Å². The number of aromatic nitrogens is 3.